The van der Waals surface area contributed by atoms with Crippen molar-refractivity contribution in [3.05, 3.63) is 23.3 Å². The van der Waals surface area contributed by atoms with Gasteiger partial charge >= 0.3 is 11.8 Å². The molecular weight excluding hydrogens is 298 g/mol. The molecule has 122 valence electrons. The van der Waals surface area contributed by atoms with Gasteiger partial charge in [0.2, 0.25) is 5.91 Å². The quantitative estimate of drug-likeness (QED) is 0.614. The largest absolute Gasteiger partial charge is 0.383 e. The number of ether oxygens (including phenoxy) is 1. The summed E-state index contributed by atoms with van der Waals surface area (Å²) >= 11 is 0. The first kappa shape index (κ1) is 15.5. The normalized spacial score (nSPS) is 15.3. The zero-order valence-electron chi connectivity index (χ0n) is 13.0. The van der Waals surface area contributed by atoms with Crippen molar-refractivity contribution in [1.82, 2.24) is 5.32 Å². The van der Waals surface area contributed by atoms with Crippen LogP contribution in [0.1, 0.15) is 17.5 Å². The van der Waals surface area contributed by atoms with Gasteiger partial charge in [-0.1, -0.05) is 0 Å². The van der Waals surface area contributed by atoms with Gasteiger partial charge in [-0.25, -0.2) is 0 Å². The zero-order valence-corrected chi connectivity index (χ0v) is 13.0. The van der Waals surface area contributed by atoms with Crippen molar-refractivity contribution in [3.8, 4) is 0 Å². The Morgan fingerprint density at radius 3 is 2.83 bits per heavy atom. The Kier molecular flexibility index (Phi) is 4.29. The number of nitrogens with zero attached hydrogens (tertiary/aromatic N) is 1. The SMILES string of the molecule is COCCNC(=O)C(=O)Nc1cc2c3c(c1)CC(=O)N3CCC2. The standard InChI is InChI=1S/C16H19N3O4/c1-23-6-4-17-15(21)16(22)18-12-7-10-3-2-5-19-13(20)9-11(8-12)14(10)19/h7-8H,2-6,9H2,1H3,(H,17,21)(H,18,22). The number of methoxy groups -OCH3 is 1. The van der Waals surface area contributed by atoms with Crippen LogP contribution in [0.15, 0.2) is 12.1 Å². The van der Waals surface area contributed by atoms with Crippen LogP contribution in [0.5, 0.6) is 0 Å². The summed E-state index contributed by atoms with van der Waals surface area (Å²) in [6, 6.07) is 3.63. The van der Waals surface area contributed by atoms with Gasteiger partial charge < -0.3 is 20.3 Å². The average molecular weight is 317 g/mol. The number of carbonyl (C=O) groups is 3. The van der Waals surface area contributed by atoms with Crippen molar-refractivity contribution in [2.24, 2.45) is 0 Å². The van der Waals surface area contributed by atoms with Gasteiger partial charge in [0.25, 0.3) is 0 Å². The topological polar surface area (TPSA) is 87.7 Å². The molecule has 0 unspecified atom stereocenters. The highest BCUT2D eigenvalue weighted by Crippen LogP contribution is 2.38. The highest BCUT2D eigenvalue weighted by molar-refractivity contribution is 6.39. The second-order valence-corrected chi connectivity index (χ2v) is 5.67. The van der Waals surface area contributed by atoms with Gasteiger partial charge in [-0.3, -0.25) is 14.4 Å². The summed E-state index contributed by atoms with van der Waals surface area (Å²) in [5.74, 6) is -1.32. The number of nitrogens with one attached hydrogen (secondary N) is 2. The van der Waals surface area contributed by atoms with Crippen LogP contribution in [0.4, 0.5) is 11.4 Å². The summed E-state index contributed by atoms with van der Waals surface area (Å²) < 4.78 is 4.81. The average Bonchev–Trinajstić information content (AvgIpc) is 2.85. The van der Waals surface area contributed by atoms with Gasteiger partial charge in [0.1, 0.15) is 0 Å². The maximum atomic E-state index is 12.0. The molecule has 0 saturated carbocycles. The third-order valence-corrected chi connectivity index (χ3v) is 4.06. The monoisotopic (exact) mass is 317 g/mol. The number of hydrogen-bond donors (Lipinski definition) is 2. The Morgan fingerprint density at radius 2 is 2.04 bits per heavy atom. The molecule has 0 atom stereocenters. The van der Waals surface area contributed by atoms with Gasteiger partial charge in [-0.15, -0.1) is 0 Å². The lowest BCUT2D eigenvalue weighted by Crippen LogP contribution is -2.37. The molecule has 23 heavy (non-hydrogen) atoms. The van der Waals surface area contributed by atoms with Crippen LogP contribution >= 0.6 is 0 Å². The Labute approximate surface area is 134 Å². The molecule has 2 aliphatic heterocycles. The fraction of sp³-hybridized carbons (Fsp3) is 0.438. The summed E-state index contributed by atoms with van der Waals surface area (Å²) in [6.45, 7) is 1.38. The number of carbonyl (C=O) groups excluding carboxylic acids is 3. The molecule has 3 amide bonds. The highest BCUT2D eigenvalue weighted by atomic mass is 16.5. The van der Waals surface area contributed by atoms with Crippen molar-refractivity contribution in [2.75, 3.05) is 37.0 Å². The summed E-state index contributed by atoms with van der Waals surface area (Å²) in [7, 11) is 1.52. The van der Waals surface area contributed by atoms with E-state index in [1.165, 1.54) is 7.11 Å². The summed E-state index contributed by atoms with van der Waals surface area (Å²) in [6.07, 6.45) is 2.13. The van der Waals surface area contributed by atoms with Crippen LogP contribution in [0.25, 0.3) is 0 Å². The predicted molar refractivity (Wildman–Crippen MR) is 84.3 cm³/mol. The maximum Gasteiger partial charge on any atom is 0.313 e. The Bertz CT molecular complexity index is 672. The van der Waals surface area contributed by atoms with Gasteiger partial charge in [0.15, 0.2) is 0 Å². The molecule has 2 heterocycles. The van der Waals surface area contributed by atoms with Crippen molar-refractivity contribution in [1.29, 1.82) is 0 Å². The van der Waals surface area contributed by atoms with Crippen LogP contribution in [0.3, 0.4) is 0 Å². The Balaban J connectivity index is 1.73. The summed E-state index contributed by atoms with van der Waals surface area (Å²) in [5.41, 5.74) is 3.52. The van der Waals surface area contributed by atoms with Gasteiger partial charge in [-0.2, -0.15) is 0 Å². The lowest BCUT2D eigenvalue weighted by molar-refractivity contribution is -0.136. The van der Waals surface area contributed by atoms with E-state index in [1.54, 1.807) is 6.07 Å². The van der Waals surface area contributed by atoms with E-state index in [4.69, 9.17) is 4.74 Å². The summed E-state index contributed by atoms with van der Waals surface area (Å²) in [4.78, 5) is 37.4. The molecular formula is C16H19N3O4. The number of benzene rings is 1. The third-order valence-electron chi connectivity index (χ3n) is 4.06. The van der Waals surface area contributed by atoms with Gasteiger partial charge in [-0.05, 0) is 36.1 Å². The van der Waals surface area contributed by atoms with E-state index in [9.17, 15) is 14.4 Å². The zero-order chi connectivity index (χ0) is 16.4. The molecule has 0 aromatic heterocycles. The fourth-order valence-corrected chi connectivity index (χ4v) is 3.09. The molecule has 0 fully saturated rings. The number of rotatable bonds is 4. The van der Waals surface area contributed by atoms with E-state index in [0.717, 1.165) is 36.2 Å². The van der Waals surface area contributed by atoms with Crippen molar-refractivity contribution >= 4 is 29.1 Å². The predicted octanol–water partition coefficient (Wildman–Crippen LogP) is 0.223. The molecule has 1 aromatic rings. The molecule has 2 N–H and O–H groups in total. The minimum atomic E-state index is -0.717. The van der Waals surface area contributed by atoms with Crippen LogP contribution in [0, 0.1) is 0 Å². The molecule has 3 rings (SSSR count). The molecule has 2 aliphatic rings. The fourth-order valence-electron chi connectivity index (χ4n) is 3.09. The van der Waals surface area contributed by atoms with Gasteiger partial charge in [0, 0.05) is 25.9 Å². The summed E-state index contributed by atoms with van der Waals surface area (Å²) in [5, 5.41) is 5.08. The number of aryl methyl sites for hydroxylation is 1. The van der Waals surface area contributed by atoms with E-state index >= 15 is 0 Å². The first-order valence-electron chi connectivity index (χ1n) is 7.64. The van der Waals surface area contributed by atoms with E-state index in [2.05, 4.69) is 10.6 Å². The first-order chi connectivity index (χ1) is 11.1. The maximum absolute atomic E-state index is 12.0. The Hall–Kier alpha value is -2.41. The van der Waals surface area contributed by atoms with Crippen LogP contribution in [-0.2, 0) is 32.0 Å². The molecule has 7 heteroatoms. The minimum absolute atomic E-state index is 0.0988. The first-order valence-corrected chi connectivity index (χ1v) is 7.64. The van der Waals surface area contributed by atoms with Crippen LogP contribution in [-0.4, -0.2) is 44.5 Å². The van der Waals surface area contributed by atoms with E-state index < -0.39 is 11.8 Å². The third kappa shape index (κ3) is 3.05. The number of hydrogen-bond acceptors (Lipinski definition) is 4. The molecule has 0 bridgehead atoms. The molecule has 0 saturated heterocycles. The van der Waals surface area contributed by atoms with E-state index in [-0.39, 0.29) is 12.5 Å². The second-order valence-electron chi connectivity index (χ2n) is 5.67. The molecule has 0 radical (unpaired) electrons. The van der Waals surface area contributed by atoms with Crippen LogP contribution in [0.2, 0.25) is 0 Å². The molecule has 0 aliphatic carbocycles. The smallest absolute Gasteiger partial charge is 0.313 e. The number of anilines is 2. The minimum Gasteiger partial charge on any atom is -0.383 e. The van der Waals surface area contributed by atoms with Gasteiger partial charge in [0.05, 0.1) is 18.7 Å². The molecule has 0 spiro atoms. The van der Waals surface area contributed by atoms with E-state index in [1.807, 2.05) is 11.0 Å². The lowest BCUT2D eigenvalue weighted by atomic mass is 9.99. The lowest BCUT2D eigenvalue weighted by Gasteiger charge is -2.26. The van der Waals surface area contributed by atoms with Crippen LogP contribution < -0.4 is 15.5 Å². The number of amides is 3. The molecule has 7 nitrogen and oxygen atoms in total. The van der Waals surface area contributed by atoms with E-state index in [0.29, 0.717) is 18.7 Å². The van der Waals surface area contributed by atoms with Crippen molar-refractivity contribution in [2.45, 2.75) is 19.3 Å². The highest BCUT2D eigenvalue weighted by Gasteiger charge is 2.32. The molecule has 1 aromatic carbocycles. The van der Waals surface area contributed by atoms with Crippen molar-refractivity contribution < 1.29 is 19.1 Å². The van der Waals surface area contributed by atoms with Crippen molar-refractivity contribution in [3.63, 3.8) is 0 Å². The Morgan fingerprint density at radius 1 is 1.26 bits per heavy atom. The second kappa shape index (κ2) is 6.37.